The van der Waals surface area contributed by atoms with E-state index in [1.165, 1.54) is 6.42 Å². The number of ether oxygens (including phenoxy) is 1. The fourth-order valence-corrected chi connectivity index (χ4v) is 5.59. The molecule has 0 radical (unpaired) electrons. The Hall–Kier alpha value is -3.63. The summed E-state index contributed by atoms with van der Waals surface area (Å²) in [5.74, 6) is -0.993. The molecule has 3 amide bonds. The maximum atomic E-state index is 13.7. The molecule has 4 rings (SSSR count). The van der Waals surface area contributed by atoms with Crippen LogP contribution >= 0.6 is 0 Å². The van der Waals surface area contributed by atoms with Crippen LogP contribution < -0.4 is 15.4 Å². The molecule has 1 heterocycles. The molecule has 1 saturated carbocycles. The highest BCUT2D eigenvalue weighted by molar-refractivity contribution is 6.01. The summed E-state index contributed by atoms with van der Waals surface area (Å²) in [6, 6.07) is 11.3. The van der Waals surface area contributed by atoms with Crippen LogP contribution in [-0.2, 0) is 6.54 Å². The maximum Gasteiger partial charge on any atom is 0.335 e. The van der Waals surface area contributed by atoms with Crippen molar-refractivity contribution in [2.24, 2.45) is 5.92 Å². The van der Waals surface area contributed by atoms with Gasteiger partial charge in [-0.2, -0.15) is 0 Å². The highest BCUT2D eigenvalue weighted by atomic mass is 16.5. The number of nitrogens with one attached hydrogen (secondary N) is 2. The van der Waals surface area contributed by atoms with E-state index in [-0.39, 0.29) is 42.2 Å². The van der Waals surface area contributed by atoms with Crippen molar-refractivity contribution in [1.82, 2.24) is 15.1 Å². The number of aliphatic hydroxyl groups is 1. The van der Waals surface area contributed by atoms with Crippen LogP contribution in [0.2, 0.25) is 0 Å². The van der Waals surface area contributed by atoms with Gasteiger partial charge in [-0.15, -0.1) is 0 Å². The molecule has 41 heavy (non-hydrogen) atoms. The van der Waals surface area contributed by atoms with E-state index in [9.17, 15) is 24.6 Å². The number of aliphatic hydroxyl groups excluding tert-OH is 1. The van der Waals surface area contributed by atoms with E-state index >= 15 is 0 Å². The van der Waals surface area contributed by atoms with Gasteiger partial charge >= 0.3 is 12.0 Å². The van der Waals surface area contributed by atoms with Crippen LogP contribution in [0.1, 0.15) is 72.2 Å². The van der Waals surface area contributed by atoms with E-state index in [1.54, 1.807) is 47.4 Å². The molecule has 2 aliphatic rings. The summed E-state index contributed by atoms with van der Waals surface area (Å²) in [5.41, 5.74) is 1.96. The van der Waals surface area contributed by atoms with Gasteiger partial charge < -0.3 is 30.5 Å². The molecule has 0 aromatic heterocycles. The van der Waals surface area contributed by atoms with Crippen molar-refractivity contribution in [1.29, 1.82) is 0 Å². The zero-order valence-corrected chi connectivity index (χ0v) is 24.1. The van der Waals surface area contributed by atoms with Crippen molar-refractivity contribution >= 4 is 23.6 Å². The van der Waals surface area contributed by atoms with Gasteiger partial charge in [-0.1, -0.05) is 44.4 Å². The van der Waals surface area contributed by atoms with Crippen LogP contribution in [0.5, 0.6) is 5.75 Å². The molecule has 2 aromatic rings. The quantitative estimate of drug-likeness (QED) is 0.358. The van der Waals surface area contributed by atoms with Crippen LogP contribution in [0, 0.1) is 5.92 Å². The van der Waals surface area contributed by atoms with Gasteiger partial charge in [-0.05, 0) is 56.6 Å². The van der Waals surface area contributed by atoms with Gasteiger partial charge in [-0.3, -0.25) is 9.69 Å². The first-order valence-corrected chi connectivity index (χ1v) is 14.5. The molecular formula is C31H42N4O6. The normalized spacial score (nSPS) is 20.4. The van der Waals surface area contributed by atoms with E-state index in [1.807, 2.05) is 20.9 Å². The molecule has 0 bridgehead atoms. The second-order valence-electron chi connectivity index (χ2n) is 11.4. The summed E-state index contributed by atoms with van der Waals surface area (Å²) < 4.78 is 6.59. The van der Waals surface area contributed by atoms with Crippen LogP contribution in [0.3, 0.4) is 0 Å². The molecule has 4 N–H and O–H groups in total. The fraction of sp³-hybridized carbons (Fsp3) is 0.516. The highest BCUT2D eigenvalue weighted by Gasteiger charge is 2.34. The Morgan fingerprint density at radius 1 is 1.12 bits per heavy atom. The lowest BCUT2D eigenvalue weighted by atomic mass is 9.96. The van der Waals surface area contributed by atoms with Crippen molar-refractivity contribution in [3.05, 3.63) is 59.2 Å². The Kier molecular flexibility index (Phi) is 10.2. The Balaban J connectivity index is 1.58. The smallest absolute Gasteiger partial charge is 0.335 e. The lowest BCUT2D eigenvalue weighted by Gasteiger charge is -2.38. The van der Waals surface area contributed by atoms with E-state index in [2.05, 4.69) is 15.5 Å². The monoisotopic (exact) mass is 566 g/mol. The van der Waals surface area contributed by atoms with Gasteiger partial charge in [0.2, 0.25) is 0 Å². The fourth-order valence-electron chi connectivity index (χ4n) is 5.59. The number of likely N-dealkylation sites (N-methyl/N-ethyl adjacent to an activating group) is 1. The number of benzene rings is 2. The molecule has 3 atom stereocenters. The van der Waals surface area contributed by atoms with Crippen LogP contribution in [0.25, 0.3) is 0 Å². The minimum absolute atomic E-state index is 0.0953. The number of rotatable bonds is 9. The molecule has 0 unspecified atom stereocenters. The van der Waals surface area contributed by atoms with Crippen molar-refractivity contribution < 1.29 is 29.3 Å². The number of carbonyl (C=O) groups is 3. The third kappa shape index (κ3) is 7.77. The number of carboxylic acid groups (broad SMARTS) is 1. The number of carboxylic acids is 1. The van der Waals surface area contributed by atoms with Gasteiger partial charge in [0, 0.05) is 31.6 Å². The number of aromatic carboxylic acids is 1. The van der Waals surface area contributed by atoms with E-state index < -0.39 is 12.0 Å². The Morgan fingerprint density at radius 2 is 1.83 bits per heavy atom. The molecule has 222 valence electrons. The first-order chi connectivity index (χ1) is 19.7. The second kappa shape index (κ2) is 13.8. The number of hydrogen-bond donors (Lipinski definition) is 4. The molecule has 0 spiro atoms. The number of urea groups is 1. The molecule has 10 heteroatoms. The third-order valence-electron chi connectivity index (χ3n) is 8.02. The lowest BCUT2D eigenvalue weighted by molar-refractivity contribution is 0.0343. The highest BCUT2D eigenvalue weighted by Crippen LogP contribution is 2.35. The molecule has 10 nitrogen and oxygen atoms in total. The lowest BCUT2D eigenvalue weighted by Crippen LogP contribution is -2.50. The summed E-state index contributed by atoms with van der Waals surface area (Å²) in [6.45, 7) is 5.13. The van der Waals surface area contributed by atoms with Gasteiger partial charge in [-0.25, -0.2) is 9.59 Å². The van der Waals surface area contributed by atoms with Gasteiger partial charge in [0.05, 0.1) is 29.5 Å². The molecule has 1 fully saturated rings. The maximum absolute atomic E-state index is 13.7. The van der Waals surface area contributed by atoms with Crippen molar-refractivity contribution in [3.8, 4) is 5.75 Å². The minimum Gasteiger partial charge on any atom is -0.486 e. The Bertz CT molecular complexity index is 1210. The summed E-state index contributed by atoms with van der Waals surface area (Å²) in [7, 11) is 1.96. The number of para-hydroxylation sites is 1. The zero-order chi connectivity index (χ0) is 29.5. The predicted octanol–water partition coefficient (Wildman–Crippen LogP) is 4.19. The summed E-state index contributed by atoms with van der Waals surface area (Å²) in [6.07, 6.45) is 4.94. The first-order valence-electron chi connectivity index (χ1n) is 14.5. The number of nitrogens with zero attached hydrogens (tertiary/aromatic N) is 2. The molecule has 1 aliphatic carbocycles. The van der Waals surface area contributed by atoms with Crippen molar-refractivity contribution in [2.75, 3.05) is 32.1 Å². The van der Waals surface area contributed by atoms with Crippen molar-refractivity contribution in [2.45, 2.75) is 70.7 Å². The van der Waals surface area contributed by atoms with Gasteiger partial charge in [0.15, 0.2) is 5.75 Å². The number of fused-ring (bicyclic) bond motifs is 1. The SMILES string of the molecule is C[C@@H]1CN([C@H](C)CO)C(=O)c2cccc(NC(=O)NC3CCCCC3)c2O[C@H]1CN(C)Cc1ccc(C(=O)O)cc1. The average Bonchev–Trinajstić information content (AvgIpc) is 2.95. The average molecular weight is 567 g/mol. The van der Waals surface area contributed by atoms with Crippen LogP contribution in [0.4, 0.5) is 10.5 Å². The van der Waals surface area contributed by atoms with E-state index in [4.69, 9.17) is 4.74 Å². The Morgan fingerprint density at radius 3 is 2.49 bits per heavy atom. The van der Waals surface area contributed by atoms with Crippen LogP contribution in [0.15, 0.2) is 42.5 Å². The summed E-state index contributed by atoms with van der Waals surface area (Å²) >= 11 is 0. The van der Waals surface area contributed by atoms with E-state index in [0.717, 1.165) is 31.2 Å². The minimum atomic E-state index is -0.964. The Labute approximate surface area is 241 Å². The number of carbonyl (C=O) groups excluding carboxylic acids is 2. The zero-order valence-electron chi connectivity index (χ0n) is 24.1. The number of amides is 3. The van der Waals surface area contributed by atoms with Crippen molar-refractivity contribution in [3.63, 3.8) is 0 Å². The third-order valence-corrected chi connectivity index (χ3v) is 8.02. The molecule has 2 aromatic carbocycles. The standard InChI is InChI=1S/C31H42N4O6/c1-20-16-35(21(2)19-36)29(37)25-10-7-11-26(33-31(40)32-24-8-5-4-6-9-24)28(25)41-27(20)18-34(3)17-22-12-14-23(15-13-22)30(38)39/h7,10-15,20-21,24,27,36H,4-6,8-9,16-19H2,1-3H3,(H,38,39)(H2,32,33,40)/t20-,21-,27+/m1/s1. The summed E-state index contributed by atoms with van der Waals surface area (Å²) in [4.78, 5) is 41.6. The van der Waals surface area contributed by atoms with Gasteiger partial charge in [0.1, 0.15) is 6.10 Å². The van der Waals surface area contributed by atoms with Crippen LogP contribution in [-0.4, -0.2) is 82.9 Å². The van der Waals surface area contributed by atoms with Gasteiger partial charge in [0.25, 0.3) is 5.91 Å². The second-order valence-corrected chi connectivity index (χ2v) is 11.4. The van der Waals surface area contributed by atoms with E-state index in [0.29, 0.717) is 36.6 Å². The molecular weight excluding hydrogens is 524 g/mol. The molecule has 1 aliphatic heterocycles. The molecule has 0 saturated heterocycles. The number of anilines is 1. The number of hydrogen-bond acceptors (Lipinski definition) is 6. The largest absolute Gasteiger partial charge is 0.486 e. The predicted molar refractivity (Wildman–Crippen MR) is 156 cm³/mol. The topological polar surface area (TPSA) is 131 Å². The first kappa shape index (κ1) is 30.3. The summed E-state index contributed by atoms with van der Waals surface area (Å²) in [5, 5.41) is 25.1.